The van der Waals surface area contributed by atoms with E-state index in [1.807, 2.05) is 7.05 Å². The summed E-state index contributed by atoms with van der Waals surface area (Å²) in [6.07, 6.45) is 4.58. The van der Waals surface area contributed by atoms with E-state index in [2.05, 4.69) is 65.5 Å². The Hall–Kier alpha value is -1.04. The molecule has 1 aliphatic rings. The lowest BCUT2D eigenvalue weighted by atomic mass is 10.00. The Balaban J connectivity index is 0.00000242. The number of halogens is 1. The van der Waals surface area contributed by atoms with Crippen molar-refractivity contribution in [2.75, 3.05) is 26.7 Å². The third-order valence-electron chi connectivity index (χ3n) is 3.87. The molecule has 0 amide bonds. The maximum atomic E-state index is 4.41. The minimum atomic E-state index is 0. The third kappa shape index (κ3) is 5.63. The third-order valence-corrected chi connectivity index (χ3v) is 3.87. The lowest BCUT2D eigenvalue weighted by molar-refractivity contribution is 0.435. The SMILES string of the molecule is CN=C(NCCC(C)C)N1CC=C(c2ccccc2)CC1.I. The topological polar surface area (TPSA) is 27.6 Å². The highest BCUT2D eigenvalue weighted by molar-refractivity contribution is 14.0. The molecule has 22 heavy (non-hydrogen) atoms. The summed E-state index contributed by atoms with van der Waals surface area (Å²) in [4.78, 5) is 6.73. The molecule has 1 aliphatic heterocycles. The van der Waals surface area contributed by atoms with E-state index in [-0.39, 0.29) is 24.0 Å². The van der Waals surface area contributed by atoms with Crippen LogP contribution in [0.1, 0.15) is 32.3 Å². The Morgan fingerprint density at radius 3 is 2.55 bits per heavy atom. The highest BCUT2D eigenvalue weighted by Gasteiger charge is 2.15. The summed E-state index contributed by atoms with van der Waals surface area (Å²) in [5.41, 5.74) is 2.80. The molecule has 1 heterocycles. The first-order chi connectivity index (χ1) is 10.2. The summed E-state index contributed by atoms with van der Waals surface area (Å²) >= 11 is 0. The van der Waals surface area contributed by atoms with Crippen molar-refractivity contribution in [2.24, 2.45) is 10.9 Å². The number of benzene rings is 1. The van der Waals surface area contributed by atoms with Gasteiger partial charge in [0.2, 0.25) is 0 Å². The molecule has 0 bridgehead atoms. The first kappa shape index (κ1) is 19.0. The first-order valence-corrected chi connectivity index (χ1v) is 7.90. The van der Waals surface area contributed by atoms with Crippen molar-refractivity contribution in [2.45, 2.75) is 26.7 Å². The minimum Gasteiger partial charge on any atom is -0.356 e. The highest BCUT2D eigenvalue weighted by atomic mass is 127. The van der Waals surface area contributed by atoms with Gasteiger partial charge >= 0.3 is 0 Å². The van der Waals surface area contributed by atoms with Gasteiger partial charge in [0.1, 0.15) is 0 Å². The summed E-state index contributed by atoms with van der Waals surface area (Å²) in [6, 6.07) is 10.7. The lowest BCUT2D eigenvalue weighted by Crippen LogP contribution is -2.43. The Morgan fingerprint density at radius 2 is 2.00 bits per heavy atom. The van der Waals surface area contributed by atoms with E-state index in [4.69, 9.17) is 0 Å². The zero-order chi connectivity index (χ0) is 15.1. The van der Waals surface area contributed by atoms with Crippen molar-refractivity contribution >= 4 is 35.5 Å². The molecule has 3 nitrogen and oxygen atoms in total. The smallest absolute Gasteiger partial charge is 0.193 e. The van der Waals surface area contributed by atoms with E-state index >= 15 is 0 Å². The number of guanidine groups is 1. The van der Waals surface area contributed by atoms with Crippen molar-refractivity contribution in [3.63, 3.8) is 0 Å². The van der Waals surface area contributed by atoms with Gasteiger partial charge in [0.25, 0.3) is 0 Å². The van der Waals surface area contributed by atoms with E-state index in [9.17, 15) is 0 Å². The second-order valence-electron chi connectivity index (χ2n) is 5.95. The Kier molecular flexibility index (Phi) is 8.53. The van der Waals surface area contributed by atoms with Gasteiger partial charge in [0.15, 0.2) is 5.96 Å². The van der Waals surface area contributed by atoms with Crippen LogP contribution in [0.4, 0.5) is 0 Å². The van der Waals surface area contributed by atoms with Crippen LogP contribution in [0.15, 0.2) is 41.4 Å². The van der Waals surface area contributed by atoms with Crippen LogP contribution in [0.25, 0.3) is 5.57 Å². The molecule has 0 unspecified atom stereocenters. The second kappa shape index (κ2) is 9.87. The van der Waals surface area contributed by atoms with Crippen molar-refractivity contribution < 1.29 is 0 Å². The van der Waals surface area contributed by atoms with E-state index in [0.717, 1.165) is 37.9 Å². The number of aliphatic imine (C=N–C) groups is 1. The molecule has 1 aromatic rings. The number of nitrogens with one attached hydrogen (secondary N) is 1. The molecular weight excluding hydrogens is 385 g/mol. The van der Waals surface area contributed by atoms with Gasteiger partial charge in [-0.05, 0) is 29.9 Å². The van der Waals surface area contributed by atoms with Gasteiger partial charge in [-0.15, -0.1) is 24.0 Å². The van der Waals surface area contributed by atoms with Gasteiger partial charge in [-0.25, -0.2) is 0 Å². The van der Waals surface area contributed by atoms with Crippen LogP contribution in [-0.2, 0) is 0 Å². The Labute approximate surface area is 151 Å². The summed E-state index contributed by atoms with van der Waals surface area (Å²) < 4.78 is 0. The summed E-state index contributed by atoms with van der Waals surface area (Å²) in [5, 5.41) is 3.47. The molecule has 0 radical (unpaired) electrons. The average molecular weight is 413 g/mol. The minimum absolute atomic E-state index is 0. The largest absolute Gasteiger partial charge is 0.356 e. The fourth-order valence-corrected chi connectivity index (χ4v) is 2.58. The van der Waals surface area contributed by atoms with Gasteiger partial charge in [0.05, 0.1) is 0 Å². The lowest BCUT2D eigenvalue weighted by Gasteiger charge is -2.30. The summed E-state index contributed by atoms with van der Waals surface area (Å²) in [6.45, 7) is 7.46. The molecule has 1 N–H and O–H groups in total. The Morgan fingerprint density at radius 1 is 1.27 bits per heavy atom. The van der Waals surface area contributed by atoms with Crippen LogP contribution in [0, 0.1) is 5.92 Å². The first-order valence-electron chi connectivity index (χ1n) is 7.90. The fraction of sp³-hybridized carbons (Fsp3) is 0.500. The molecule has 0 saturated carbocycles. The van der Waals surface area contributed by atoms with Crippen LogP contribution >= 0.6 is 24.0 Å². The van der Waals surface area contributed by atoms with Gasteiger partial charge in [-0.2, -0.15) is 0 Å². The molecule has 122 valence electrons. The van der Waals surface area contributed by atoms with Crippen molar-refractivity contribution in [1.29, 1.82) is 0 Å². The molecule has 2 rings (SSSR count). The quantitative estimate of drug-likeness (QED) is 0.459. The number of rotatable bonds is 4. The molecule has 0 aliphatic carbocycles. The molecule has 0 saturated heterocycles. The number of hydrogen-bond donors (Lipinski definition) is 1. The van der Waals surface area contributed by atoms with E-state index < -0.39 is 0 Å². The van der Waals surface area contributed by atoms with Gasteiger partial charge in [0, 0.05) is 26.7 Å². The van der Waals surface area contributed by atoms with Crippen LogP contribution < -0.4 is 5.32 Å². The molecule has 0 fully saturated rings. The Bertz CT molecular complexity index is 494. The van der Waals surface area contributed by atoms with Crippen LogP contribution in [0.3, 0.4) is 0 Å². The van der Waals surface area contributed by atoms with Gasteiger partial charge in [-0.1, -0.05) is 50.3 Å². The van der Waals surface area contributed by atoms with E-state index in [0.29, 0.717) is 0 Å². The van der Waals surface area contributed by atoms with Crippen molar-refractivity contribution in [1.82, 2.24) is 10.2 Å². The maximum absolute atomic E-state index is 4.41. The second-order valence-corrected chi connectivity index (χ2v) is 5.95. The summed E-state index contributed by atoms with van der Waals surface area (Å²) in [7, 11) is 1.87. The van der Waals surface area contributed by atoms with Gasteiger partial charge in [-0.3, -0.25) is 4.99 Å². The monoisotopic (exact) mass is 413 g/mol. The molecule has 4 heteroatoms. The molecule has 0 spiro atoms. The standard InChI is InChI=1S/C18H27N3.HI/c1-15(2)9-12-20-18(19-3)21-13-10-17(11-14-21)16-7-5-4-6-8-16;/h4-8,10,15H,9,11-14H2,1-3H3,(H,19,20);1H. The van der Waals surface area contributed by atoms with E-state index in [1.54, 1.807) is 0 Å². The van der Waals surface area contributed by atoms with Crippen molar-refractivity contribution in [3.8, 4) is 0 Å². The maximum Gasteiger partial charge on any atom is 0.193 e. The van der Waals surface area contributed by atoms with E-state index in [1.165, 1.54) is 17.6 Å². The van der Waals surface area contributed by atoms with Crippen LogP contribution in [-0.4, -0.2) is 37.5 Å². The molecule has 0 atom stereocenters. The highest BCUT2D eigenvalue weighted by Crippen LogP contribution is 2.21. The predicted octanol–water partition coefficient (Wildman–Crippen LogP) is 4.02. The summed E-state index contributed by atoms with van der Waals surface area (Å²) in [5.74, 6) is 1.75. The normalized spacial score (nSPS) is 15.4. The van der Waals surface area contributed by atoms with Crippen LogP contribution in [0.2, 0.25) is 0 Å². The number of hydrogen-bond acceptors (Lipinski definition) is 1. The number of nitrogens with zero attached hydrogens (tertiary/aromatic N) is 2. The molecule has 0 aromatic heterocycles. The zero-order valence-corrected chi connectivity index (χ0v) is 16.2. The predicted molar refractivity (Wildman–Crippen MR) is 107 cm³/mol. The van der Waals surface area contributed by atoms with Gasteiger partial charge < -0.3 is 10.2 Å². The van der Waals surface area contributed by atoms with Crippen LogP contribution in [0.5, 0.6) is 0 Å². The zero-order valence-electron chi connectivity index (χ0n) is 13.9. The molecular formula is C18H28IN3. The van der Waals surface area contributed by atoms with Crippen molar-refractivity contribution in [3.05, 3.63) is 42.0 Å². The molecule has 1 aromatic carbocycles. The average Bonchev–Trinajstić information content (AvgIpc) is 2.52. The fourth-order valence-electron chi connectivity index (χ4n) is 2.58.